The lowest BCUT2D eigenvalue weighted by Gasteiger charge is -2.24. The number of benzene rings is 2. The highest BCUT2D eigenvalue weighted by molar-refractivity contribution is 7.10. The van der Waals surface area contributed by atoms with Crippen LogP contribution in [0.2, 0.25) is 0 Å². The van der Waals surface area contributed by atoms with E-state index in [1.165, 1.54) is 16.2 Å². The van der Waals surface area contributed by atoms with Gasteiger partial charge in [-0.1, -0.05) is 18.2 Å². The Morgan fingerprint density at radius 3 is 2.42 bits per heavy atom. The van der Waals surface area contributed by atoms with Gasteiger partial charge in [0.05, 0.1) is 12.2 Å². The first-order valence-corrected chi connectivity index (χ1v) is 10.9. The van der Waals surface area contributed by atoms with Crippen molar-refractivity contribution in [2.75, 3.05) is 11.5 Å². The summed E-state index contributed by atoms with van der Waals surface area (Å²) in [5.41, 5.74) is 3.28. The van der Waals surface area contributed by atoms with Crippen LogP contribution in [0.1, 0.15) is 34.5 Å². The monoisotopic (exact) mass is 433 g/mol. The number of anilines is 1. The van der Waals surface area contributed by atoms with E-state index in [0.29, 0.717) is 23.6 Å². The fourth-order valence-electron chi connectivity index (χ4n) is 3.73. The smallest absolute Gasteiger partial charge is 0.300 e. The highest BCUT2D eigenvalue weighted by Crippen LogP contribution is 2.43. The maximum Gasteiger partial charge on any atom is 0.300 e. The highest BCUT2D eigenvalue weighted by atomic mass is 32.1. The Labute approximate surface area is 185 Å². The Hall–Kier alpha value is -3.38. The van der Waals surface area contributed by atoms with Crippen LogP contribution in [0, 0.1) is 13.8 Å². The summed E-state index contributed by atoms with van der Waals surface area (Å²) in [6.45, 7) is 6.36. The molecule has 6 heteroatoms. The van der Waals surface area contributed by atoms with Crippen LogP contribution in [0.15, 0.2) is 65.6 Å². The number of rotatable bonds is 5. The Bertz CT molecular complexity index is 1160. The van der Waals surface area contributed by atoms with Gasteiger partial charge in [0, 0.05) is 16.1 Å². The number of aliphatic hydroxyl groups excluding tert-OH is 1. The molecule has 0 radical (unpaired) electrons. The van der Waals surface area contributed by atoms with Crippen molar-refractivity contribution in [2.45, 2.75) is 26.8 Å². The molecule has 31 heavy (non-hydrogen) atoms. The second-order valence-corrected chi connectivity index (χ2v) is 8.39. The van der Waals surface area contributed by atoms with E-state index in [1.807, 2.05) is 50.4 Å². The standard InChI is InChI=1S/C25H23NO4S/c1-4-30-19-11-9-18(10-12-19)26-22(20-6-5-13-31-20)21(24(28)25(26)29)23(27)17-8-7-15(2)16(3)14-17/h5-14,22,27H,4H2,1-3H3/b23-21-. The molecule has 2 heterocycles. The van der Waals surface area contributed by atoms with E-state index < -0.39 is 17.7 Å². The minimum absolute atomic E-state index is 0.101. The van der Waals surface area contributed by atoms with Crippen molar-refractivity contribution < 1.29 is 19.4 Å². The maximum absolute atomic E-state index is 13.1. The molecule has 1 atom stereocenters. The zero-order valence-electron chi connectivity index (χ0n) is 17.6. The highest BCUT2D eigenvalue weighted by Gasteiger charge is 2.47. The Kier molecular flexibility index (Phi) is 5.65. The Morgan fingerprint density at radius 2 is 1.81 bits per heavy atom. The fourth-order valence-corrected chi connectivity index (χ4v) is 4.55. The van der Waals surface area contributed by atoms with Crippen LogP contribution in [-0.2, 0) is 9.59 Å². The summed E-state index contributed by atoms with van der Waals surface area (Å²) in [6, 6.07) is 15.6. The molecule has 2 aromatic carbocycles. The molecular formula is C25H23NO4S. The molecule has 0 saturated carbocycles. The third kappa shape index (κ3) is 3.75. The second-order valence-electron chi connectivity index (χ2n) is 7.41. The fraction of sp³-hybridized carbons (Fsp3) is 0.200. The molecule has 1 N–H and O–H groups in total. The van der Waals surface area contributed by atoms with Crippen LogP contribution in [0.4, 0.5) is 5.69 Å². The number of ether oxygens (including phenoxy) is 1. The molecule has 5 nitrogen and oxygen atoms in total. The summed E-state index contributed by atoms with van der Waals surface area (Å²) < 4.78 is 5.49. The molecule has 0 spiro atoms. The first-order valence-electron chi connectivity index (χ1n) is 10.1. The number of hydrogen-bond acceptors (Lipinski definition) is 5. The third-order valence-corrected chi connectivity index (χ3v) is 6.39. The van der Waals surface area contributed by atoms with Crippen molar-refractivity contribution in [1.82, 2.24) is 0 Å². The lowest BCUT2D eigenvalue weighted by Crippen LogP contribution is -2.29. The number of aryl methyl sites for hydroxylation is 2. The van der Waals surface area contributed by atoms with Gasteiger partial charge in [-0.15, -0.1) is 11.3 Å². The number of hydrogen-bond donors (Lipinski definition) is 1. The zero-order valence-corrected chi connectivity index (χ0v) is 18.4. The SMILES string of the molecule is CCOc1ccc(N2C(=O)C(=O)/C(=C(\O)c3ccc(C)c(C)c3)C2c2cccs2)cc1. The van der Waals surface area contributed by atoms with Gasteiger partial charge in [-0.2, -0.15) is 0 Å². The molecular weight excluding hydrogens is 410 g/mol. The van der Waals surface area contributed by atoms with Gasteiger partial charge in [0.25, 0.3) is 11.7 Å². The number of Topliss-reactive ketones (excluding diaryl/α,β-unsaturated/α-hetero) is 1. The van der Waals surface area contributed by atoms with Crippen molar-refractivity contribution in [3.8, 4) is 5.75 Å². The van der Waals surface area contributed by atoms with Crippen LogP contribution in [0.3, 0.4) is 0 Å². The largest absolute Gasteiger partial charge is 0.507 e. The molecule has 1 saturated heterocycles. The van der Waals surface area contributed by atoms with E-state index in [4.69, 9.17) is 4.74 Å². The zero-order chi connectivity index (χ0) is 22.1. The van der Waals surface area contributed by atoms with E-state index in [1.54, 1.807) is 30.3 Å². The van der Waals surface area contributed by atoms with Gasteiger partial charge in [0.2, 0.25) is 0 Å². The minimum atomic E-state index is -0.695. The topological polar surface area (TPSA) is 66.8 Å². The van der Waals surface area contributed by atoms with Crippen LogP contribution >= 0.6 is 11.3 Å². The molecule has 0 bridgehead atoms. The molecule has 1 aliphatic rings. The van der Waals surface area contributed by atoms with Gasteiger partial charge in [-0.25, -0.2) is 0 Å². The molecule has 1 aliphatic heterocycles. The van der Waals surface area contributed by atoms with E-state index in [0.717, 1.165) is 16.0 Å². The number of thiophene rings is 1. The van der Waals surface area contributed by atoms with Crippen molar-refractivity contribution in [3.05, 3.63) is 87.1 Å². The van der Waals surface area contributed by atoms with Crippen molar-refractivity contribution in [1.29, 1.82) is 0 Å². The summed E-state index contributed by atoms with van der Waals surface area (Å²) in [5.74, 6) is -0.824. The number of nitrogens with zero attached hydrogens (tertiary/aromatic N) is 1. The van der Waals surface area contributed by atoms with Crippen molar-refractivity contribution in [2.24, 2.45) is 0 Å². The minimum Gasteiger partial charge on any atom is -0.507 e. The number of amides is 1. The van der Waals surface area contributed by atoms with Gasteiger partial charge < -0.3 is 9.84 Å². The number of carbonyl (C=O) groups excluding carboxylic acids is 2. The van der Waals surface area contributed by atoms with Crippen LogP contribution in [0.5, 0.6) is 5.75 Å². The van der Waals surface area contributed by atoms with E-state index >= 15 is 0 Å². The Balaban J connectivity index is 1.86. The van der Waals surface area contributed by atoms with E-state index in [9.17, 15) is 14.7 Å². The summed E-state index contributed by atoms with van der Waals surface area (Å²) in [5, 5.41) is 13.0. The number of ketones is 1. The first-order chi connectivity index (χ1) is 14.9. The van der Waals surface area contributed by atoms with Gasteiger partial charge >= 0.3 is 0 Å². The normalized spacial score (nSPS) is 17.9. The van der Waals surface area contributed by atoms with Crippen LogP contribution < -0.4 is 9.64 Å². The molecule has 1 unspecified atom stereocenters. The molecule has 0 aliphatic carbocycles. The summed E-state index contributed by atoms with van der Waals surface area (Å²) in [4.78, 5) is 28.5. The summed E-state index contributed by atoms with van der Waals surface area (Å²) >= 11 is 1.44. The first kappa shape index (κ1) is 20.9. The quantitative estimate of drug-likeness (QED) is 0.333. The molecule has 4 rings (SSSR count). The number of aliphatic hydroxyl groups is 1. The second kappa shape index (κ2) is 8.40. The van der Waals surface area contributed by atoms with Crippen molar-refractivity contribution in [3.63, 3.8) is 0 Å². The predicted octanol–water partition coefficient (Wildman–Crippen LogP) is 5.39. The van der Waals surface area contributed by atoms with E-state index in [-0.39, 0.29) is 11.3 Å². The van der Waals surface area contributed by atoms with Gasteiger partial charge in [-0.3, -0.25) is 14.5 Å². The average molecular weight is 434 g/mol. The van der Waals surface area contributed by atoms with Crippen molar-refractivity contribution >= 4 is 34.5 Å². The molecule has 3 aromatic rings. The molecule has 1 amide bonds. The average Bonchev–Trinajstić information content (AvgIpc) is 3.38. The van der Waals surface area contributed by atoms with Gasteiger partial charge in [0.15, 0.2) is 0 Å². The van der Waals surface area contributed by atoms with Crippen LogP contribution in [-0.4, -0.2) is 23.4 Å². The predicted molar refractivity (Wildman–Crippen MR) is 123 cm³/mol. The Morgan fingerprint density at radius 1 is 1.06 bits per heavy atom. The van der Waals surface area contributed by atoms with Gasteiger partial charge in [0.1, 0.15) is 17.6 Å². The van der Waals surface area contributed by atoms with E-state index in [2.05, 4.69) is 0 Å². The molecule has 158 valence electrons. The summed E-state index contributed by atoms with van der Waals surface area (Å²) in [6.07, 6.45) is 0. The molecule has 1 fully saturated rings. The van der Waals surface area contributed by atoms with Crippen LogP contribution in [0.25, 0.3) is 5.76 Å². The summed E-state index contributed by atoms with van der Waals surface area (Å²) in [7, 11) is 0. The maximum atomic E-state index is 13.1. The third-order valence-electron chi connectivity index (χ3n) is 5.46. The number of carbonyl (C=O) groups is 2. The molecule has 1 aromatic heterocycles. The lowest BCUT2D eigenvalue weighted by molar-refractivity contribution is -0.132. The van der Waals surface area contributed by atoms with Gasteiger partial charge in [-0.05, 0) is 73.7 Å². The lowest BCUT2D eigenvalue weighted by atomic mass is 9.97.